The Kier molecular flexibility index (Phi) is 6.35. The maximum atomic E-state index is 12.9. The van der Waals surface area contributed by atoms with Crippen molar-refractivity contribution in [2.45, 2.75) is 20.0 Å². The van der Waals surface area contributed by atoms with Crippen LogP contribution in [0.1, 0.15) is 22.5 Å². The zero-order valence-corrected chi connectivity index (χ0v) is 17.5. The van der Waals surface area contributed by atoms with Crippen LogP contribution in [0.25, 0.3) is 11.8 Å². The fourth-order valence-corrected chi connectivity index (χ4v) is 3.35. The highest BCUT2D eigenvalue weighted by Crippen LogP contribution is 2.31. The molecule has 3 rings (SSSR count). The molecule has 2 aromatic carbocycles. The van der Waals surface area contributed by atoms with E-state index in [-0.39, 0.29) is 16.9 Å². The molecule has 0 radical (unpaired) electrons. The first-order valence-electron chi connectivity index (χ1n) is 9.55. The predicted molar refractivity (Wildman–Crippen MR) is 116 cm³/mol. The second-order valence-electron chi connectivity index (χ2n) is 7.14. The van der Waals surface area contributed by atoms with Gasteiger partial charge in [0.15, 0.2) is 0 Å². The first-order valence-corrected chi connectivity index (χ1v) is 9.55. The first-order chi connectivity index (χ1) is 15.5. The van der Waals surface area contributed by atoms with E-state index in [4.69, 9.17) is 0 Å². The third-order valence-corrected chi connectivity index (χ3v) is 4.88. The minimum atomic E-state index is -4.57. The molecule has 0 atom stereocenters. The van der Waals surface area contributed by atoms with Crippen LogP contribution in [0.3, 0.4) is 0 Å². The van der Waals surface area contributed by atoms with Crippen LogP contribution in [-0.2, 0) is 11.0 Å². The molecule has 1 N–H and O–H groups in total. The Morgan fingerprint density at radius 3 is 2.48 bits per heavy atom. The van der Waals surface area contributed by atoms with Gasteiger partial charge in [0, 0.05) is 29.2 Å². The molecule has 1 heterocycles. The van der Waals surface area contributed by atoms with Gasteiger partial charge in [-0.1, -0.05) is 12.1 Å². The van der Waals surface area contributed by atoms with E-state index in [1.165, 1.54) is 24.3 Å². The molecule has 10 heteroatoms. The van der Waals surface area contributed by atoms with Crippen LogP contribution in [0.15, 0.2) is 60.2 Å². The first kappa shape index (κ1) is 23.3. The number of alkyl halides is 3. The third kappa shape index (κ3) is 5.10. The molecule has 0 aliphatic carbocycles. The monoisotopic (exact) mass is 454 g/mol. The zero-order chi connectivity index (χ0) is 24.3. The standard InChI is InChI=1S/C23H17F3N4O3/c1-14-9-16(15(2)29(14)20-7-4-8-21(12-20)30(32)33)10-17(13-27)22(31)28-19-6-3-5-18(11-19)23(24,25)26/h3-12H,1-2H3,(H,28,31)/b17-10-. The summed E-state index contributed by atoms with van der Waals surface area (Å²) in [6, 6.07) is 13.6. The van der Waals surface area contributed by atoms with E-state index in [2.05, 4.69) is 5.32 Å². The van der Waals surface area contributed by atoms with Crippen LogP contribution in [0.2, 0.25) is 0 Å². The molecule has 1 aromatic heterocycles. The quantitative estimate of drug-likeness (QED) is 0.236. The number of amides is 1. The van der Waals surface area contributed by atoms with Crippen molar-refractivity contribution in [3.63, 3.8) is 0 Å². The van der Waals surface area contributed by atoms with E-state index in [0.717, 1.165) is 18.2 Å². The Labute approximate surface area is 186 Å². The number of aromatic nitrogens is 1. The molecule has 0 saturated carbocycles. The maximum Gasteiger partial charge on any atom is 0.416 e. The number of non-ortho nitro benzene ring substituents is 1. The van der Waals surface area contributed by atoms with Crippen molar-refractivity contribution in [3.05, 3.63) is 92.8 Å². The summed E-state index contributed by atoms with van der Waals surface area (Å²) in [6.07, 6.45) is -3.25. The molecular formula is C23H17F3N4O3. The van der Waals surface area contributed by atoms with Crippen molar-refractivity contribution in [1.82, 2.24) is 4.57 Å². The molecule has 1 amide bonds. The molecule has 33 heavy (non-hydrogen) atoms. The van der Waals surface area contributed by atoms with Crippen LogP contribution in [0.4, 0.5) is 24.5 Å². The van der Waals surface area contributed by atoms with Gasteiger partial charge in [-0.05, 0) is 55.8 Å². The number of nitrogens with one attached hydrogen (secondary N) is 1. The van der Waals surface area contributed by atoms with Crippen LogP contribution >= 0.6 is 0 Å². The number of nitro groups is 1. The smallest absolute Gasteiger partial charge is 0.321 e. The van der Waals surface area contributed by atoms with E-state index in [1.54, 1.807) is 42.7 Å². The summed E-state index contributed by atoms with van der Waals surface area (Å²) in [7, 11) is 0. The minimum absolute atomic E-state index is 0.0877. The van der Waals surface area contributed by atoms with E-state index in [9.17, 15) is 33.3 Å². The highest BCUT2D eigenvalue weighted by atomic mass is 19.4. The number of halogens is 3. The van der Waals surface area contributed by atoms with E-state index in [1.807, 2.05) is 0 Å². The lowest BCUT2D eigenvalue weighted by molar-refractivity contribution is -0.384. The Bertz CT molecular complexity index is 1320. The van der Waals surface area contributed by atoms with E-state index in [0.29, 0.717) is 22.6 Å². The average Bonchev–Trinajstić information content (AvgIpc) is 3.04. The minimum Gasteiger partial charge on any atom is -0.321 e. The number of nitro benzene ring substituents is 1. The fourth-order valence-electron chi connectivity index (χ4n) is 3.35. The van der Waals surface area contributed by atoms with Gasteiger partial charge in [0.05, 0.1) is 16.2 Å². The molecule has 0 saturated heterocycles. The van der Waals surface area contributed by atoms with Crippen LogP contribution in [0, 0.1) is 35.3 Å². The summed E-state index contributed by atoms with van der Waals surface area (Å²) >= 11 is 0. The molecule has 3 aromatic rings. The lowest BCUT2D eigenvalue weighted by atomic mass is 10.1. The number of benzene rings is 2. The number of carbonyl (C=O) groups is 1. The lowest BCUT2D eigenvalue weighted by Gasteiger charge is -2.10. The van der Waals surface area contributed by atoms with Gasteiger partial charge in [-0.25, -0.2) is 0 Å². The molecule has 0 spiro atoms. The molecular weight excluding hydrogens is 437 g/mol. The number of hydrogen-bond donors (Lipinski definition) is 1. The Morgan fingerprint density at radius 2 is 1.85 bits per heavy atom. The number of rotatable bonds is 5. The summed E-state index contributed by atoms with van der Waals surface area (Å²) in [5.41, 5.74) is 0.936. The van der Waals surface area contributed by atoms with Gasteiger partial charge in [-0.3, -0.25) is 14.9 Å². The van der Waals surface area contributed by atoms with Crippen molar-refractivity contribution in [3.8, 4) is 11.8 Å². The van der Waals surface area contributed by atoms with Gasteiger partial charge in [-0.15, -0.1) is 0 Å². The number of aryl methyl sites for hydroxylation is 1. The molecule has 168 valence electrons. The largest absolute Gasteiger partial charge is 0.416 e. The van der Waals surface area contributed by atoms with Gasteiger partial charge < -0.3 is 9.88 Å². The van der Waals surface area contributed by atoms with E-state index >= 15 is 0 Å². The molecule has 0 unspecified atom stereocenters. The van der Waals surface area contributed by atoms with Gasteiger partial charge in [0.25, 0.3) is 11.6 Å². The molecule has 0 fully saturated rings. The van der Waals surface area contributed by atoms with Crippen LogP contribution in [-0.4, -0.2) is 15.4 Å². The topological polar surface area (TPSA) is 101 Å². The zero-order valence-electron chi connectivity index (χ0n) is 17.5. The summed E-state index contributed by atoms with van der Waals surface area (Å²) in [4.78, 5) is 23.1. The van der Waals surface area contributed by atoms with Gasteiger partial charge in [-0.2, -0.15) is 18.4 Å². The van der Waals surface area contributed by atoms with Gasteiger partial charge >= 0.3 is 6.18 Å². The number of carbonyl (C=O) groups excluding carboxylic acids is 1. The van der Waals surface area contributed by atoms with Gasteiger partial charge in [0.1, 0.15) is 11.6 Å². The summed E-state index contributed by atoms with van der Waals surface area (Å²) in [5, 5.41) is 22.9. The molecule has 0 aliphatic rings. The molecule has 0 bridgehead atoms. The van der Waals surface area contributed by atoms with Crippen molar-refractivity contribution in [2.24, 2.45) is 0 Å². The highest BCUT2D eigenvalue weighted by Gasteiger charge is 2.30. The molecule has 7 nitrogen and oxygen atoms in total. The third-order valence-electron chi connectivity index (χ3n) is 4.88. The second kappa shape index (κ2) is 9.00. The normalized spacial score (nSPS) is 11.7. The van der Waals surface area contributed by atoms with Crippen molar-refractivity contribution >= 4 is 23.4 Å². The number of hydrogen-bond acceptors (Lipinski definition) is 4. The predicted octanol–water partition coefficient (Wildman–Crippen LogP) is 5.57. The van der Waals surface area contributed by atoms with Gasteiger partial charge in [0.2, 0.25) is 0 Å². The lowest BCUT2D eigenvalue weighted by Crippen LogP contribution is -2.14. The van der Waals surface area contributed by atoms with Crippen LogP contribution < -0.4 is 5.32 Å². The van der Waals surface area contributed by atoms with Crippen LogP contribution in [0.5, 0.6) is 0 Å². The fraction of sp³-hybridized carbons (Fsp3) is 0.130. The SMILES string of the molecule is Cc1cc(/C=C(/C#N)C(=O)Nc2cccc(C(F)(F)F)c2)c(C)n1-c1cccc([N+](=O)[O-])c1. The number of nitriles is 1. The van der Waals surface area contributed by atoms with Crippen molar-refractivity contribution < 1.29 is 22.9 Å². The number of nitrogens with zero attached hydrogens (tertiary/aromatic N) is 3. The summed E-state index contributed by atoms with van der Waals surface area (Å²) in [6.45, 7) is 3.48. The van der Waals surface area contributed by atoms with Crippen molar-refractivity contribution in [1.29, 1.82) is 5.26 Å². The molecule has 0 aliphatic heterocycles. The summed E-state index contributed by atoms with van der Waals surface area (Å²) < 4.78 is 40.4. The Balaban J connectivity index is 1.93. The van der Waals surface area contributed by atoms with E-state index < -0.39 is 22.6 Å². The summed E-state index contributed by atoms with van der Waals surface area (Å²) in [5.74, 6) is -0.864. The van der Waals surface area contributed by atoms with Crippen molar-refractivity contribution in [2.75, 3.05) is 5.32 Å². The maximum absolute atomic E-state index is 12.9. The Hall–Kier alpha value is -4.39. The Morgan fingerprint density at radius 1 is 1.15 bits per heavy atom. The second-order valence-corrected chi connectivity index (χ2v) is 7.14. The highest BCUT2D eigenvalue weighted by molar-refractivity contribution is 6.09. The number of anilines is 1. The average molecular weight is 454 g/mol.